The van der Waals surface area contributed by atoms with Gasteiger partial charge < -0.3 is 18.9 Å². The van der Waals surface area contributed by atoms with E-state index in [0.717, 1.165) is 32.0 Å². The molecule has 0 radical (unpaired) electrons. The van der Waals surface area contributed by atoms with Crippen molar-refractivity contribution in [2.24, 2.45) is 5.92 Å². The predicted molar refractivity (Wildman–Crippen MR) is 82.3 cm³/mol. The lowest BCUT2D eigenvalue weighted by atomic mass is 10.1. The van der Waals surface area contributed by atoms with Gasteiger partial charge in [-0.1, -0.05) is 27.2 Å². The molecule has 4 heteroatoms. The van der Waals surface area contributed by atoms with Gasteiger partial charge in [0.25, 0.3) is 0 Å². The quantitative estimate of drug-likeness (QED) is 0.409. The molecule has 0 spiro atoms. The molecule has 0 aliphatic carbocycles. The Kier molecular flexibility index (Phi) is 16.8. The Labute approximate surface area is 125 Å². The highest BCUT2D eigenvalue weighted by molar-refractivity contribution is 4.44. The summed E-state index contributed by atoms with van der Waals surface area (Å²) in [6, 6.07) is 0. The molecule has 0 aromatic carbocycles. The topological polar surface area (TPSA) is 36.9 Å². The van der Waals surface area contributed by atoms with Crippen molar-refractivity contribution in [3.8, 4) is 0 Å². The van der Waals surface area contributed by atoms with E-state index in [0.29, 0.717) is 39.6 Å². The fourth-order valence-corrected chi connectivity index (χ4v) is 1.60. The highest BCUT2D eigenvalue weighted by atomic mass is 16.6. The first-order valence-corrected chi connectivity index (χ1v) is 8.08. The Morgan fingerprint density at radius 3 is 1.40 bits per heavy atom. The largest absolute Gasteiger partial charge is 0.379 e. The molecule has 0 atom stereocenters. The van der Waals surface area contributed by atoms with Crippen LogP contribution in [-0.4, -0.2) is 52.9 Å². The van der Waals surface area contributed by atoms with E-state index in [4.69, 9.17) is 18.9 Å². The zero-order chi connectivity index (χ0) is 14.9. The van der Waals surface area contributed by atoms with E-state index < -0.39 is 0 Å². The van der Waals surface area contributed by atoms with Gasteiger partial charge in [-0.05, 0) is 25.2 Å². The molecule has 0 aliphatic rings. The van der Waals surface area contributed by atoms with Crippen LogP contribution in [0.25, 0.3) is 0 Å². The Hall–Kier alpha value is -0.160. The molecule has 0 saturated carbocycles. The van der Waals surface area contributed by atoms with Crippen LogP contribution >= 0.6 is 0 Å². The van der Waals surface area contributed by atoms with Gasteiger partial charge >= 0.3 is 0 Å². The van der Waals surface area contributed by atoms with Gasteiger partial charge in [-0.15, -0.1) is 0 Å². The van der Waals surface area contributed by atoms with Crippen molar-refractivity contribution in [3.05, 3.63) is 0 Å². The van der Waals surface area contributed by atoms with E-state index in [9.17, 15) is 0 Å². The molecule has 0 heterocycles. The maximum absolute atomic E-state index is 5.48. The second-order valence-electron chi connectivity index (χ2n) is 5.34. The molecule has 0 saturated heterocycles. The first-order valence-electron chi connectivity index (χ1n) is 8.08. The average molecular weight is 290 g/mol. The minimum atomic E-state index is 0.629. The summed E-state index contributed by atoms with van der Waals surface area (Å²) in [5, 5.41) is 0. The van der Waals surface area contributed by atoms with E-state index in [2.05, 4.69) is 20.8 Å². The van der Waals surface area contributed by atoms with Crippen LogP contribution in [0.15, 0.2) is 0 Å². The van der Waals surface area contributed by atoms with E-state index in [1.54, 1.807) is 0 Å². The van der Waals surface area contributed by atoms with Crippen molar-refractivity contribution < 1.29 is 18.9 Å². The smallest absolute Gasteiger partial charge is 0.0701 e. The van der Waals surface area contributed by atoms with Gasteiger partial charge in [0, 0.05) is 13.2 Å². The molecule has 4 nitrogen and oxygen atoms in total. The Morgan fingerprint density at radius 1 is 0.600 bits per heavy atom. The van der Waals surface area contributed by atoms with Crippen LogP contribution in [0.5, 0.6) is 0 Å². The Morgan fingerprint density at radius 2 is 1.00 bits per heavy atom. The molecule has 0 aromatic rings. The number of unbranched alkanes of at least 4 members (excludes halogenated alkanes) is 1. The summed E-state index contributed by atoms with van der Waals surface area (Å²) in [5.41, 5.74) is 0. The molecular weight excluding hydrogens is 256 g/mol. The maximum Gasteiger partial charge on any atom is 0.0701 e. The van der Waals surface area contributed by atoms with Crippen LogP contribution in [0, 0.1) is 5.92 Å². The summed E-state index contributed by atoms with van der Waals surface area (Å²) >= 11 is 0. The van der Waals surface area contributed by atoms with E-state index >= 15 is 0 Å². The van der Waals surface area contributed by atoms with Crippen molar-refractivity contribution in [3.63, 3.8) is 0 Å². The van der Waals surface area contributed by atoms with Gasteiger partial charge in [-0.25, -0.2) is 0 Å². The van der Waals surface area contributed by atoms with Gasteiger partial charge in [0.15, 0.2) is 0 Å². The lowest BCUT2D eigenvalue weighted by molar-refractivity contribution is -0.00252. The van der Waals surface area contributed by atoms with E-state index in [-0.39, 0.29) is 0 Å². The highest BCUT2D eigenvalue weighted by Gasteiger charge is 1.95. The SMILES string of the molecule is CCCCOCCOCCOCCOCCCC(C)C. The summed E-state index contributed by atoms with van der Waals surface area (Å²) < 4.78 is 21.7. The lowest BCUT2D eigenvalue weighted by Gasteiger charge is -2.08. The Balaban J connectivity index is 2.92. The summed E-state index contributed by atoms with van der Waals surface area (Å²) in [5.74, 6) is 0.762. The monoisotopic (exact) mass is 290 g/mol. The third kappa shape index (κ3) is 17.8. The minimum absolute atomic E-state index is 0.629. The summed E-state index contributed by atoms with van der Waals surface area (Å²) in [6.45, 7) is 12.2. The molecule has 0 aromatic heterocycles. The van der Waals surface area contributed by atoms with Crippen LogP contribution in [0.2, 0.25) is 0 Å². The third-order valence-electron chi connectivity index (χ3n) is 2.83. The van der Waals surface area contributed by atoms with Crippen LogP contribution < -0.4 is 0 Å². The standard InChI is InChI=1S/C16H34O4/c1-4-5-8-17-10-12-19-14-15-20-13-11-18-9-6-7-16(2)3/h16H,4-15H2,1-3H3. The minimum Gasteiger partial charge on any atom is -0.379 e. The number of ether oxygens (including phenoxy) is 4. The van der Waals surface area contributed by atoms with Crippen molar-refractivity contribution in [2.75, 3.05) is 52.9 Å². The zero-order valence-electron chi connectivity index (χ0n) is 13.7. The fourth-order valence-electron chi connectivity index (χ4n) is 1.60. The molecule has 0 N–H and O–H groups in total. The summed E-state index contributed by atoms with van der Waals surface area (Å²) in [6.07, 6.45) is 4.67. The van der Waals surface area contributed by atoms with Crippen molar-refractivity contribution in [1.29, 1.82) is 0 Å². The van der Waals surface area contributed by atoms with Gasteiger partial charge in [-0.3, -0.25) is 0 Å². The molecule has 0 amide bonds. The number of hydrogen-bond donors (Lipinski definition) is 0. The molecule has 20 heavy (non-hydrogen) atoms. The Bertz CT molecular complexity index is 174. The molecule has 0 bridgehead atoms. The van der Waals surface area contributed by atoms with Gasteiger partial charge in [0.2, 0.25) is 0 Å². The first kappa shape index (κ1) is 19.8. The van der Waals surface area contributed by atoms with Gasteiger partial charge in [0.1, 0.15) is 0 Å². The maximum atomic E-state index is 5.48. The highest BCUT2D eigenvalue weighted by Crippen LogP contribution is 2.02. The second kappa shape index (κ2) is 16.9. The normalized spacial score (nSPS) is 11.4. The van der Waals surface area contributed by atoms with Crippen molar-refractivity contribution >= 4 is 0 Å². The number of hydrogen-bond acceptors (Lipinski definition) is 4. The van der Waals surface area contributed by atoms with Gasteiger partial charge in [-0.2, -0.15) is 0 Å². The molecule has 122 valence electrons. The van der Waals surface area contributed by atoms with Crippen LogP contribution in [0.1, 0.15) is 46.5 Å². The van der Waals surface area contributed by atoms with E-state index in [1.807, 2.05) is 0 Å². The predicted octanol–water partition coefficient (Wildman–Crippen LogP) is 3.29. The first-order chi connectivity index (χ1) is 9.77. The number of rotatable bonds is 16. The molecule has 0 aliphatic heterocycles. The van der Waals surface area contributed by atoms with Crippen LogP contribution in [-0.2, 0) is 18.9 Å². The fraction of sp³-hybridized carbons (Fsp3) is 1.00. The van der Waals surface area contributed by atoms with Crippen molar-refractivity contribution in [1.82, 2.24) is 0 Å². The third-order valence-corrected chi connectivity index (χ3v) is 2.83. The van der Waals surface area contributed by atoms with E-state index in [1.165, 1.54) is 12.8 Å². The lowest BCUT2D eigenvalue weighted by Crippen LogP contribution is -2.12. The summed E-state index contributed by atoms with van der Waals surface area (Å²) in [7, 11) is 0. The molecular formula is C16H34O4. The molecule has 0 fully saturated rings. The average Bonchev–Trinajstić information content (AvgIpc) is 2.43. The second-order valence-corrected chi connectivity index (χ2v) is 5.34. The van der Waals surface area contributed by atoms with Crippen LogP contribution in [0.4, 0.5) is 0 Å². The zero-order valence-corrected chi connectivity index (χ0v) is 13.7. The molecule has 0 unspecified atom stereocenters. The van der Waals surface area contributed by atoms with Crippen LogP contribution in [0.3, 0.4) is 0 Å². The molecule has 0 rings (SSSR count). The van der Waals surface area contributed by atoms with Crippen molar-refractivity contribution in [2.45, 2.75) is 46.5 Å². The summed E-state index contributed by atoms with van der Waals surface area (Å²) in [4.78, 5) is 0. The van der Waals surface area contributed by atoms with Gasteiger partial charge in [0.05, 0.1) is 39.6 Å².